The number of ketones is 1. The Balaban J connectivity index is 1.58. The van der Waals surface area contributed by atoms with Crippen LogP contribution < -0.4 is 14.2 Å². The van der Waals surface area contributed by atoms with Crippen LogP contribution in [0, 0.1) is 0 Å². The van der Waals surface area contributed by atoms with Gasteiger partial charge in [0.15, 0.2) is 11.4 Å². The van der Waals surface area contributed by atoms with Crippen LogP contribution in [0.5, 0.6) is 17.2 Å². The highest BCUT2D eigenvalue weighted by atomic mass is 16.6. The monoisotopic (exact) mass is 490 g/mol. The van der Waals surface area contributed by atoms with E-state index in [1.54, 1.807) is 38.1 Å². The van der Waals surface area contributed by atoms with Crippen LogP contribution in [0.4, 0.5) is 0 Å². The van der Waals surface area contributed by atoms with Gasteiger partial charge in [0, 0.05) is 12.0 Å². The second-order valence-corrected chi connectivity index (χ2v) is 9.02. The highest BCUT2D eigenvalue weighted by Gasteiger charge is 2.31. The minimum Gasteiger partial charge on any atom is -0.493 e. The first-order valence-corrected chi connectivity index (χ1v) is 12.1. The maximum Gasteiger partial charge on any atom is 0.349 e. The van der Waals surface area contributed by atoms with Crippen molar-refractivity contribution in [3.8, 4) is 17.2 Å². The van der Waals surface area contributed by atoms with Crippen LogP contribution in [0.15, 0.2) is 72.8 Å². The molecule has 0 saturated heterocycles. The lowest BCUT2D eigenvalue weighted by molar-refractivity contribution is -0.156. The first kappa shape index (κ1) is 26.8. The smallest absolute Gasteiger partial charge is 0.349 e. The van der Waals surface area contributed by atoms with Gasteiger partial charge in [0.1, 0.15) is 17.2 Å². The van der Waals surface area contributed by atoms with E-state index < -0.39 is 11.6 Å². The molecule has 0 amide bonds. The van der Waals surface area contributed by atoms with Crippen molar-refractivity contribution >= 4 is 11.8 Å². The van der Waals surface area contributed by atoms with E-state index in [2.05, 4.69) is 6.92 Å². The summed E-state index contributed by atoms with van der Waals surface area (Å²) in [6.07, 6.45) is 1.30. The van der Waals surface area contributed by atoms with Crippen LogP contribution >= 0.6 is 0 Å². The fraction of sp³-hybridized carbons (Fsp3) is 0.333. The Morgan fingerprint density at radius 1 is 0.917 bits per heavy atom. The number of carbonyl (C=O) groups is 2. The second kappa shape index (κ2) is 12.2. The van der Waals surface area contributed by atoms with Crippen LogP contribution in [0.1, 0.15) is 55.6 Å². The molecule has 0 radical (unpaired) electrons. The van der Waals surface area contributed by atoms with Crippen molar-refractivity contribution in [2.75, 3.05) is 13.7 Å². The molecule has 3 aromatic rings. The zero-order chi connectivity index (χ0) is 26.1. The summed E-state index contributed by atoms with van der Waals surface area (Å²) >= 11 is 0. The Labute approximate surface area is 213 Å². The van der Waals surface area contributed by atoms with Crippen LogP contribution in [0.25, 0.3) is 0 Å². The number of hydrogen-bond acceptors (Lipinski definition) is 6. The molecule has 190 valence electrons. The van der Waals surface area contributed by atoms with Gasteiger partial charge >= 0.3 is 5.97 Å². The second-order valence-electron chi connectivity index (χ2n) is 9.02. The molecule has 0 aliphatic rings. The molecule has 6 heteroatoms. The molecule has 0 saturated carbocycles. The molecule has 1 unspecified atom stereocenters. The summed E-state index contributed by atoms with van der Waals surface area (Å²) in [5.41, 5.74) is 1.20. The molecule has 3 aromatic carbocycles. The Bertz CT molecular complexity index is 1150. The van der Waals surface area contributed by atoms with Gasteiger partial charge in [-0.25, -0.2) is 4.79 Å². The minimum absolute atomic E-state index is 0.0537. The highest BCUT2D eigenvalue weighted by molar-refractivity contribution is 6.10. The summed E-state index contributed by atoms with van der Waals surface area (Å²) in [6, 6.07) is 22.1. The summed E-state index contributed by atoms with van der Waals surface area (Å²) in [6.45, 7) is 7.76. The van der Waals surface area contributed by atoms with E-state index in [0.717, 1.165) is 12.0 Å². The first-order valence-electron chi connectivity index (χ1n) is 12.1. The molecule has 0 spiro atoms. The maximum atomic E-state index is 13.1. The van der Waals surface area contributed by atoms with Gasteiger partial charge in [0.05, 0.1) is 25.4 Å². The number of esters is 1. The van der Waals surface area contributed by atoms with Gasteiger partial charge in [0.25, 0.3) is 0 Å². The average molecular weight is 491 g/mol. The predicted molar refractivity (Wildman–Crippen MR) is 139 cm³/mol. The van der Waals surface area contributed by atoms with E-state index in [1.807, 2.05) is 55.5 Å². The Kier molecular flexibility index (Phi) is 9.12. The van der Waals surface area contributed by atoms with Gasteiger partial charge in [-0.15, -0.1) is 0 Å². The Hall–Kier alpha value is -3.80. The lowest BCUT2D eigenvalue weighted by Gasteiger charge is -2.23. The van der Waals surface area contributed by atoms with Crippen molar-refractivity contribution in [2.24, 2.45) is 0 Å². The SMILES string of the molecule is CCc1ccc(OC(C)CCOc2ccc(OC(C)(C)C(=O)OC)cc2)c(C(=O)c2ccccc2)c1. The number of hydrogen-bond donors (Lipinski definition) is 0. The van der Waals surface area contributed by atoms with Crippen LogP contribution in [0.3, 0.4) is 0 Å². The van der Waals surface area contributed by atoms with E-state index in [0.29, 0.717) is 41.4 Å². The van der Waals surface area contributed by atoms with E-state index in [-0.39, 0.29) is 11.9 Å². The Morgan fingerprint density at radius 2 is 1.58 bits per heavy atom. The van der Waals surface area contributed by atoms with Crippen molar-refractivity contribution in [3.63, 3.8) is 0 Å². The Morgan fingerprint density at radius 3 is 2.22 bits per heavy atom. The molecular formula is C30H34O6. The van der Waals surface area contributed by atoms with E-state index in [4.69, 9.17) is 18.9 Å². The number of methoxy groups -OCH3 is 1. The van der Waals surface area contributed by atoms with Gasteiger partial charge in [-0.2, -0.15) is 0 Å². The van der Waals surface area contributed by atoms with Crippen molar-refractivity contribution in [1.29, 1.82) is 0 Å². The van der Waals surface area contributed by atoms with Crippen molar-refractivity contribution in [1.82, 2.24) is 0 Å². The molecule has 0 bridgehead atoms. The summed E-state index contributed by atoms with van der Waals surface area (Å²) in [4.78, 5) is 24.9. The molecular weight excluding hydrogens is 456 g/mol. The van der Waals surface area contributed by atoms with Crippen LogP contribution in [-0.2, 0) is 16.0 Å². The molecule has 1 atom stereocenters. The fourth-order valence-corrected chi connectivity index (χ4v) is 3.63. The van der Waals surface area contributed by atoms with Gasteiger partial charge < -0.3 is 18.9 Å². The lowest BCUT2D eigenvalue weighted by atomic mass is 9.99. The summed E-state index contributed by atoms with van der Waals surface area (Å²) in [5, 5.41) is 0. The van der Waals surface area contributed by atoms with Crippen molar-refractivity contribution in [3.05, 3.63) is 89.5 Å². The number of benzene rings is 3. The molecule has 6 nitrogen and oxygen atoms in total. The van der Waals surface area contributed by atoms with Crippen molar-refractivity contribution in [2.45, 2.75) is 52.2 Å². The van der Waals surface area contributed by atoms with Crippen LogP contribution in [0.2, 0.25) is 0 Å². The molecule has 0 aliphatic heterocycles. The zero-order valence-electron chi connectivity index (χ0n) is 21.6. The maximum absolute atomic E-state index is 13.1. The molecule has 0 fully saturated rings. The molecule has 0 aliphatic carbocycles. The third-order valence-electron chi connectivity index (χ3n) is 5.73. The molecule has 0 N–H and O–H groups in total. The van der Waals surface area contributed by atoms with Crippen molar-refractivity contribution < 1.29 is 28.5 Å². The van der Waals surface area contributed by atoms with E-state index >= 15 is 0 Å². The quantitative estimate of drug-likeness (QED) is 0.227. The third kappa shape index (κ3) is 7.11. The lowest BCUT2D eigenvalue weighted by Crippen LogP contribution is -2.39. The van der Waals surface area contributed by atoms with Gasteiger partial charge in [0.2, 0.25) is 0 Å². The third-order valence-corrected chi connectivity index (χ3v) is 5.73. The minimum atomic E-state index is -1.08. The largest absolute Gasteiger partial charge is 0.493 e. The first-order chi connectivity index (χ1) is 17.2. The molecule has 0 heterocycles. The molecule has 36 heavy (non-hydrogen) atoms. The topological polar surface area (TPSA) is 71.1 Å². The normalized spacial score (nSPS) is 11.9. The molecule has 3 rings (SSSR count). The standard InChI is InChI=1S/C30H34O6/c1-6-22-12-17-27(26(20-22)28(31)23-10-8-7-9-11-23)35-21(2)18-19-34-24-13-15-25(16-14-24)36-30(3,4)29(32)33-5/h7-17,20-21H,6,18-19H2,1-5H3. The highest BCUT2D eigenvalue weighted by Crippen LogP contribution is 2.26. The van der Waals surface area contributed by atoms with Crippen LogP contribution in [-0.4, -0.2) is 37.2 Å². The number of rotatable bonds is 12. The summed E-state index contributed by atoms with van der Waals surface area (Å²) in [5.74, 6) is 1.29. The fourth-order valence-electron chi connectivity index (χ4n) is 3.63. The van der Waals surface area contributed by atoms with E-state index in [1.165, 1.54) is 7.11 Å². The summed E-state index contributed by atoms with van der Waals surface area (Å²) in [7, 11) is 1.33. The predicted octanol–water partition coefficient (Wildman–Crippen LogP) is 6.05. The molecule has 0 aromatic heterocycles. The van der Waals surface area contributed by atoms with Gasteiger partial charge in [-0.1, -0.05) is 43.3 Å². The van der Waals surface area contributed by atoms with Gasteiger partial charge in [-0.3, -0.25) is 4.79 Å². The zero-order valence-corrected chi connectivity index (χ0v) is 21.6. The van der Waals surface area contributed by atoms with E-state index in [9.17, 15) is 9.59 Å². The van der Waals surface area contributed by atoms with Gasteiger partial charge in [-0.05, 0) is 69.2 Å². The number of carbonyl (C=O) groups excluding carboxylic acids is 2. The number of aryl methyl sites for hydroxylation is 1. The average Bonchev–Trinajstić information content (AvgIpc) is 2.89. The number of ether oxygens (including phenoxy) is 4. The summed E-state index contributed by atoms with van der Waals surface area (Å²) < 4.78 is 22.5.